The molecule has 1 aliphatic rings. The Morgan fingerprint density at radius 1 is 1.43 bits per heavy atom. The Morgan fingerprint density at radius 3 is 2.71 bits per heavy atom. The number of hydrogen-bond acceptors (Lipinski definition) is 4. The van der Waals surface area contributed by atoms with Gasteiger partial charge in [-0.2, -0.15) is 0 Å². The summed E-state index contributed by atoms with van der Waals surface area (Å²) in [5.41, 5.74) is 5.07. The van der Waals surface area contributed by atoms with E-state index in [9.17, 15) is 18.9 Å². The number of anilines is 1. The van der Waals surface area contributed by atoms with E-state index >= 15 is 0 Å². The van der Waals surface area contributed by atoms with Crippen LogP contribution in [-0.2, 0) is 0 Å². The number of nitrogens with zero attached hydrogens (tertiary/aromatic N) is 2. The zero-order valence-electron chi connectivity index (χ0n) is 11.9. The Bertz CT molecular complexity index is 539. The van der Waals surface area contributed by atoms with Crippen molar-refractivity contribution >= 4 is 11.4 Å². The van der Waals surface area contributed by atoms with Gasteiger partial charge < -0.3 is 10.6 Å². The lowest BCUT2D eigenvalue weighted by molar-refractivity contribution is -0.384. The van der Waals surface area contributed by atoms with Gasteiger partial charge in [-0.15, -0.1) is 0 Å². The molecule has 0 amide bonds. The summed E-state index contributed by atoms with van der Waals surface area (Å²) in [4.78, 5) is 12.1. The van der Waals surface area contributed by atoms with Gasteiger partial charge in [-0.05, 0) is 38.3 Å². The summed E-state index contributed by atoms with van der Waals surface area (Å²) < 4.78 is 27.7. The molecule has 1 aromatic carbocycles. The fourth-order valence-corrected chi connectivity index (χ4v) is 3.21. The molecule has 116 valence electrons. The van der Waals surface area contributed by atoms with Gasteiger partial charge in [0.1, 0.15) is 0 Å². The summed E-state index contributed by atoms with van der Waals surface area (Å²) >= 11 is 0. The lowest BCUT2D eigenvalue weighted by Crippen LogP contribution is -2.41. The van der Waals surface area contributed by atoms with E-state index in [0.29, 0.717) is 13.1 Å². The van der Waals surface area contributed by atoms with Crippen molar-refractivity contribution in [3.8, 4) is 0 Å². The third-order valence-electron chi connectivity index (χ3n) is 4.19. The lowest BCUT2D eigenvalue weighted by Gasteiger charge is -2.33. The van der Waals surface area contributed by atoms with Gasteiger partial charge >= 0.3 is 0 Å². The maximum atomic E-state index is 14.2. The average Bonchev–Trinajstić information content (AvgIpc) is 2.92. The number of hydrogen-bond donors (Lipinski definition) is 1. The minimum absolute atomic E-state index is 0.0880. The molecule has 1 saturated carbocycles. The van der Waals surface area contributed by atoms with Gasteiger partial charge in [0.2, 0.25) is 0 Å². The average molecular weight is 299 g/mol. The van der Waals surface area contributed by atoms with Crippen molar-refractivity contribution in [3.63, 3.8) is 0 Å². The van der Waals surface area contributed by atoms with E-state index < -0.39 is 22.2 Å². The van der Waals surface area contributed by atoms with E-state index in [1.54, 1.807) is 11.8 Å². The van der Waals surface area contributed by atoms with Crippen molar-refractivity contribution in [1.82, 2.24) is 0 Å². The van der Waals surface area contributed by atoms with Gasteiger partial charge in [-0.3, -0.25) is 10.1 Å². The first-order chi connectivity index (χ1) is 10.0. The Balaban J connectivity index is 2.51. The predicted molar refractivity (Wildman–Crippen MR) is 76.2 cm³/mol. The van der Waals surface area contributed by atoms with Crippen molar-refractivity contribution < 1.29 is 13.7 Å². The number of halogens is 2. The van der Waals surface area contributed by atoms with Gasteiger partial charge in [-0.1, -0.05) is 6.42 Å². The number of nitrogens with two attached hydrogens (primary N) is 1. The zero-order chi connectivity index (χ0) is 15.6. The molecule has 0 radical (unpaired) electrons. The van der Waals surface area contributed by atoms with Gasteiger partial charge in [0, 0.05) is 18.7 Å². The molecular formula is C14H19F2N3O2. The first-order valence-electron chi connectivity index (χ1n) is 7.10. The zero-order valence-corrected chi connectivity index (χ0v) is 11.9. The summed E-state index contributed by atoms with van der Waals surface area (Å²) in [7, 11) is 0. The van der Waals surface area contributed by atoms with Crippen LogP contribution in [0.5, 0.6) is 0 Å². The summed E-state index contributed by atoms with van der Waals surface area (Å²) in [6, 6.07) is 1.72. The van der Waals surface area contributed by atoms with Crippen LogP contribution in [0.1, 0.15) is 26.2 Å². The van der Waals surface area contributed by atoms with Crippen molar-refractivity contribution in [3.05, 3.63) is 33.9 Å². The van der Waals surface area contributed by atoms with Crippen LogP contribution in [0.25, 0.3) is 0 Å². The number of nitro groups is 1. The largest absolute Gasteiger partial charge is 0.360 e. The molecular weight excluding hydrogens is 280 g/mol. The third-order valence-corrected chi connectivity index (χ3v) is 4.19. The minimum atomic E-state index is -1.16. The quantitative estimate of drug-likeness (QED) is 0.670. The first-order valence-corrected chi connectivity index (χ1v) is 7.10. The van der Waals surface area contributed by atoms with E-state index in [-0.39, 0.29) is 17.6 Å². The van der Waals surface area contributed by atoms with Gasteiger partial charge in [0.15, 0.2) is 17.3 Å². The monoisotopic (exact) mass is 299 g/mol. The van der Waals surface area contributed by atoms with E-state index in [4.69, 9.17) is 5.73 Å². The van der Waals surface area contributed by atoms with Crippen LogP contribution in [0.2, 0.25) is 0 Å². The molecule has 0 spiro atoms. The SMILES string of the molecule is CCN(c1c([N+](=O)[O-])ccc(F)c1F)C1CCCC1CN. The highest BCUT2D eigenvalue weighted by Gasteiger charge is 2.36. The van der Waals surface area contributed by atoms with Gasteiger partial charge in [0.25, 0.3) is 5.69 Å². The maximum Gasteiger partial charge on any atom is 0.295 e. The van der Waals surface area contributed by atoms with E-state index in [1.807, 2.05) is 0 Å². The summed E-state index contributed by atoms with van der Waals surface area (Å²) in [5, 5.41) is 11.1. The Kier molecular flexibility index (Phi) is 4.72. The first kappa shape index (κ1) is 15.6. The van der Waals surface area contributed by atoms with Crippen LogP contribution in [0.4, 0.5) is 20.2 Å². The van der Waals surface area contributed by atoms with E-state index in [0.717, 1.165) is 31.4 Å². The number of rotatable bonds is 5. The van der Waals surface area contributed by atoms with Crippen LogP contribution in [-0.4, -0.2) is 24.1 Å². The van der Waals surface area contributed by atoms with Crippen molar-refractivity contribution in [2.45, 2.75) is 32.2 Å². The molecule has 0 heterocycles. The molecule has 0 saturated heterocycles. The summed E-state index contributed by atoms with van der Waals surface area (Å²) in [6.45, 7) is 2.58. The molecule has 1 aromatic rings. The van der Waals surface area contributed by atoms with Crippen LogP contribution in [0.3, 0.4) is 0 Å². The van der Waals surface area contributed by atoms with Crippen molar-refractivity contribution in [2.24, 2.45) is 11.7 Å². The standard InChI is InChI=1S/C14H19F2N3O2/c1-2-18(11-5-3-4-9(11)8-17)14-12(19(20)21)7-6-10(15)13(14)16/h6-7,9,11H,2-5,8,17H2,1H3. The van der Waals surface area contributed by atoms with Gasteiger partial charge in [0.05, 0.1) is 4.92 Å². The molecule has 0 aliphatic heterocycles. The molecule has 1 fully saturated rings. The molecule has 2 unspecified atom stereocenters. The van der Waals surface area contributed by atoms with Crippen molar-refractivity contribution in [2.75, 3.05) is 18.0 Å². The normalized spacial score (nSPS) is 21.5. The molecule has 2 rings (SSSR count). The molecule has 2 N–H and O–H groups in total. The Hall–Kier alpha value is -1.76. The number of nitro benzene ring substituents is 1. The summed E-state index contributed by atoms with van der Waals surface area (Å²) in [5.74, 6) is -2.09. The van der Waals surface area contributed by atoms with Crippen molar-refractivity contribution in [1.29, 1.82) is 0 Å². The lowest BCUT2D eigenvalue weighted by atomic mass is 10.0. The highest BCUT2D eigenvalue weighted by atomic mass is 19.2. The van der Waals surface area contributed by atoms with Crippen LogP contribution in [0, 0.1) is 27.7 Å². The Labute approximate surface area is 121 Å². The molecule has 21 heavy (non-hydrogen) atoms. The summed E-state index contributed by atoms with van der Waals surface area (Å²) in [6.07, 6.45) is 2.62. The highest BCUT2D eigenvalue weighted by Crippen LogP contribution is 2.38. The van der Waals surface area contributed by atoms with Gasteiger partial charge in [-0.25, -0.2) is 8.78 Å². The molecule has 2 atom stereocenters. The van der Waals surface area contributed by atoms with E-state index in [2.05, 4.69) is 0 Å². The fraction of sp³-hybridized carbons (Fsp3) is 0.571. The topological polar surface area (TPSA) is 72.4 Å². The molecule has 1 aliphatic carbocycles. The third kappa shape index (κ3) is 2.83. The molecule has 5 nitrogen and oxygen atoms in total. The fourth-order valence-electron chi connectivity index (χ4n) is 3.21. The second kappa shape index (κ2) is 6.34. The highest BCUT2D eigenvalue weighted by molar-refractivity contribution is 5.65. The minimum Gasteiger partial charge on any atom is -0.360 e. The maximum absolute atomic E-state index is 14.2. The second-order valence-electron chi connectivity index (χ2n) is 5.27. The second-order valence-corrected chi connectivity index (χ2v) is 5.27. The van der Waals surface area contributed by atoms with Crippen LogP contribution in [0.15, 0.2) is 12.1 Å². The van der Waals surface area contributed by atoms with E-state index in [1.165, 1.54) is 0 Å². The number of benzene rings is 1. The smallest absolute Gasteiger partial charge is 0.295 e. The Morgan fingerprint density at radius 2 is 2.14 bits per heavy atom. The molecule has 0 bridgehead atoms. The predicted octanol–water partition coefficient (Wildman–Crippen LogP) is 2.83. The van der Waals surface area contributed by atoms with Crippen LogP contribution < -0.4 is 10.6 Å². The van der Waals surface area contributed by atoms with Crippen LogP contribution >= 0.6 is 0 Å². The molecule has 7 heteroatoms. The molecule has 0 aromatic heterocycles.